The Bertz CT molecular complexity index is 1080. The predicted octanol–water partition coefficient (Wildman–Crippen LogP) is 2.05. The zero-order chi connectivity index (χ0) is 17.5. The molecule has 0 unspecified atom stereocenters. The third-order valence-corrected chi connectivity index (χ3v) is 3.54. The Balaban J connectivity index is 2.39. The van der Waals surface area contributed by atoms with Crippen LogP contribution >= 0.6 is 0 Å². The lowest BCUT2D eigenvalue weighted by molar-refractivity contribution is 0.367. The topological polar surface area (TPSA) is 134 Å². The van der Waals surface area contributed by atoms with E-state index in [-0.39, 0.29) is 5.76 Å². The third-order valence-electron chi connectivity index (χ3n) is 3.16. The third kappa shape index (κ3) is 2.90. The van der Waals surface area contributed by atoms with E-state index >= 15 is 0 Å². The summed E-state index contributed by atoms with van der Waals surface area (Å²) in [5.41, 5.74) is -0.707. The molecule has 0 aliphatic carbocycles. The fourth-order valence-electron chi connectivity index (χ4n) is 2.21. The number of aromatic hydroxyl groups is 2. The summed E-state index contributed by atoms with van der Waals surface area (Å²) in [7, 11) is -5.00. The molecule has 9 heteroatoms. The van der Waals surface area contributed by atoms with Gasteiger partial charge in [-0.1, -0.05) is 30.3 Å². The van der Waals surface area contributed by atoms with Gasteiger partial charge in [0.25, 0.3) is 0 Å². The van der Waals surface area contributed by atoms with Crippen molar-refractivity contribution < 1.29 is 31.8 Å². The molecule has 0 aliphatic rings. The van der Waals surface area contributed by atoms with Gasteiger partial charge in [-0.2, -0.15) is 8.42 Å². The molecule has 124 valence electrons. The van der Waals surface area contributed by atoms with Crippen LogP contribution in [-0.2, 0) is 10.4 Å². The molecule has 2 aromatic carbocycles. The summed E-state index contributed by atoms with van der Waals surface area (Å²) in [5.74, 6) is -2.21. The lowest BCUT2D eigenvalue weighted by Crippen LogP contribution is -2.09. The first-order valence-corrected chi connectivity index (χ1v) is 7.88. The van der Waals surface area contributed by atoms with Crippen LogP contribution in [0.4, 0.5) is 0 Å². The molecule has 0 amide bonds. The van der Waals surface area contributed by atoms with Crippen molar-refractivity contribution in [2.75, 3.05) is 0 Å². The van der Waals surface area contributed by atoms with Crippen LogP contribution in [0.2, 0.25) is 0 Å². The van der Waals surface area contributed by atoms with Crippen LogP contribution in [0.15, 0.2) is 51.7 Å². The average molecular weight is 350 g/mol. The quantitative estimate of drug-likeness (QED) is 0.611. The Morgan fingerprint density at radius 1 is 1.00 bits per heavy atom. The van der Waals surface area contributed by atoms with E-state index in [1.165, 1.54) is 0 Å². The second-order valence-electron chi connectivity index (χ2n) is 4.80. The summed E-state index contributed by atoms with van der Waals surface area (Å²) in [4.78, 5) is 12.3. The molecule has 3 N–H and O–H groups in total. The number of hydrogen-bond donors (Lipinski definition) is 3. The van der Waals surface area contributed by atoms with E-state index < -0.39 is 44.0 Å². The van der Waals surface area contributed by atoms with Crippen molar-refractivity contribution in [1.29, 1.82) is 0 Å². The van der Waals surface area contributed by atoms with E-state index in [2.05, 4.69) is 4.18 Å². The Hall–Kier alpha value is -3.04. The van der Waals surface area contributed by atoms with Crippen molar-refractivity contribution >= 4 is 21.4 Å². The molecule has 0 saturated carbocycles. The molecule has 3 aromatic rings. The highest BCUT2D eigenvalue weighted by Crippen LogP contribution is 2.40. The van der Waals surface area contributed by atoms with Gasteiger partial charge in [0, 0.05) is 17.7 Å². The molecule has 0 fully saturated rings. The zero-order valence-electron chi connectivity index (χ0n) is 11.8. The number of hydrogen-bond acceptors (Lipinski definition) is 7. The van der Waals surface area contributed by atoms with Gasteiger partial charge in [-0.15, -0.1) is 0 Å². The van der Waals surface area contributed by atoms with Crippen molar-refractivity contribution in [1.82, 2.24) is 0 Å². The van der Waals surface area contributed by atoms with Gasteiger partial charge in [0.05, 0.1) is 0 Å². The Labute approximate surface area is 135 Å². The highest BCUT2D eigenvalue weighted by atomic mass is 32.3. The highest BCUT2D eigenvalue weighted by Gasteiger charge is 2.23. The number of benzene rings is 2. The van der Waals surface area contributed by atoms with Crippen molar-refractivity contribution in [2.45, 2.75) is 0 Å². The van der Waals surface area contributed by atoms with E-state index in [9.17, 15) is 23.4 Å². The average Bonchev–Trinajstić information content (AvgIpc) is 2.50. The molecule has 1 aromatic heterocycles. The molecule has 8 nitrogen and oxygen atoms in total. The fraction of sp³-hybridized carbons (Fsp3) is 0. The fourth-order valence-corrected chi connectivity index (χ4v) is 2.58. The maximum Gasteiger partial charge on any atom is 0.446 e. The zero-order valence-corrected chi connectivity index (χ0v) is 12.6. The minimum Gasteiger partial charge on any atom is -0.507 e. The van der Waals surface area contributed by atoms with Crippen LogP contribution < -0.4 is 9.61 Å². The second kappa shape index (κ2) is 5.55. The summed E-state index contributed by atoms with van der Waals surface area (Å²) in [6.45, 7) is 0. The van der Waals surface area contributed by atoms with E-state index in [0.717, 1.165) is 6.07 Å². The summed E-state index contributed by atoms with van der Waals surface area (Å²) in [6, 6.07) is 10.2. The second-order valence-corrected chi connectivity index (χ2v) is 5.82. The highest BCUT2D eigenvalue weighted by molar-refractivity contribution is 7.81. The van der Waals surface area contributed by atoms with Gasteiger partial charge in [-0.05, 0) is 0 Å². The van der Waals surface area contributed by atoms with Gasteiger partial charge >= 0.3 is 10.4 Å². The van der Waals surface area contributed by atoms with Gasteiger partial charge in [0.15, 0.2) is 16.8 Å². The van der Waals surface area contributed by atoms with Gasteiger partial charge in [0.1, 0.15) is 16.9 Å². The van der Waals surface area contributed by atoms with Crippen LogP contribution in [0, 0.1) is 0 Å². The van der Waals surface area contributed by atoms with Crippen molar-refractivity contribution in [3.05, 3.63) is 52.7 Å². The summed E-state index contributed by atoms with van der Waals surface area (Å²) < 4.78 is 40.5. The van der Waals surface area contributed by atoms with E-state index in [1.54, 1.807) is 30.3 Å². The standard InChI is InChI=1S/C15H10O8S/c16-9-6-11(18)14(23-24(19,20)21)15-13(9)10(17)7-12(22-15)8-4-2-1-3-5-8/h1-7,16,18H,(H,19,20,21). The first kappa shape index (κ1) is 15.8. The largest absolute Gasteiger partial charge is 0.507 e. The first-order chi connectivity index (χ1) is 11.3. The maximum atomic E-state index is 12.3. The van der Waals surface area contributed by atoms with E-state index in [4.69, 9.17) is 8.97 Å². The number of phenolic OH excluding ortho intramolecular Hbond substituents is 2. The molecule has 0 aliphatic heterocycles. The number of phenols is 2. The Kier molecular flexibility index (Phi) is 3.66. The summed E-state index contributed by atoms with van der Waals surface area (Å²) in [6.07, 6.45) is 0. The lowest BCUT2D eigenvalue weighted by atomic mass is 10.1. The first-order valence-electron chi connectivity index (χ1n) is 6.51. The number of rotatable bonds is 3. The van der Waals surface area contributed by atoms with Gasteiger partial charge in [-0.25, -0.2) is 0 Å². The molecule has 1 heterocycles. The van der Waals surface area contributed by atoms with Crippen LogP contribution in [0.3, 0.4) is 0 Å². The SMILES string of the molecule is O=c1cc(-c2ccccc2)oc2c(OS(=O)(=O)O)c(O)cc(O)c12. The smallest absolute Gasteiger partial charge is 0.446 e. The molecule has 3 rings (SSSR count). The molecular formula is C15H10O8S. The normalized spacial score (nSPS) is 11.5. The Morgan fingerprint density at radius 2 is 1.67 bits per heavy atom. The molecule has 0 radical (unpaired) electrons. The Morgan fingerprint density at radius 3 is 2.29 bits per heavy atom. The molecule has 24 heavy (non-hydrogen) atoms. The molecule has 0 spiro atoms. The summed E-state index contributed by atoms with van der Waals surface area (Å²) >= 11 is 0. The molecule has 0 atom stereocenters. The predicted molar refractivity (Wildman–Crippen MR) is 83.4 cm³/mol. The van der Waals surface area contributed by atoms with Gasteiger partial charge < -0.3 is 18.8 Å². The maximum absolute atomic E-state index is 12.3. The molecule has 0 saturated heterocycles. The minimum atomic E-state index is -5.00. The van der Waals surface area contributed by atoms with Crippen LogP contribution in [-0.4, -0.2) is 23.2 Å². The van der Waals surface area contributed by atoms with Crippen LogP contribution in [0.25, 0.3) is 22.3 Å². The van der Waals surface area contributed by atoms with Gasteiger partial charge in [-0.3, -0.25) is 9.35 Å². The van der Waals surface area contributed by atoms with E-state index in [0.29, 0.717) is 11.6 Å². The lowest BCUT2D eigenvalue weighted by Gasteiger charge is -2.10. The van der Waals surface area contributed by atoms with Gasteiger partial charge in [0.2, 0.25) is 5.75 Å². The monoisotopic (exact) mass is 350 g/mol. The summed E-state index contributed by atoms with van der Waals surface area (Å²) in [5, 5.41) is 19.2. The molecule has 0 bridgehead atoms. The minimum absolute atomic E-state index is 0.0540. The van der Waals surface area contributed by atoms with E-state index in [1.807, 2.05) is 0 Å². The van der Waals surface area contributed by atoms with Crippen LogP contribution in [0.5, 0.6) is 17.2 Å². The molecular weight excluding hydrogens is 340 g/mol. The number of fused-ring (bicyclic) bond motifs is 1. The van der Waals surface area contributed by atoms with Crippen molar-refractivity contribution in [3.8, 4) is 28.6 Å². The van der Waals surface area contributed by atoms with Crippen LogP contribution in [0.1, 0.15) is 0 Å². The van der Waals surface area contributed by atoms with Crippen molar-refractivity contribution in [2.24, 2.45) is 0 Å². The van der Waals surface area contributed by atoms with Crippen molar-refractivity contribution in [3.63, 3.8) is 0 Å².